The third-order valence-electron chi connectivity index (χ3n) is 5.18. The molecule has 2 atom stereocenters. The van der Waals surface area contributed by atoms with Gasteiger partial charge in [-0.2, -0.15) is 4.31 Å². The fraction of sp³-hybridized carbons (Fsp3) is 0.611. The molecule has 8 heteroatoms. The number of aryl methyl sites for hydroxylation is 2. The summed E-state index contributed by atoms with van der Waals surface area (Å²) in [4.78, 5) is 11.5. The van der Waals surface area contributed by atoms with Crippen molar-refractivity contribution in [1.29, 1.82) is 0 Å². The molecular formula is C18H25NO6S. The van der Waals surface area contributed by atoms with Crippen molar-refractivity contribution in [2.24, 2.45) is 0 Å². The third kappa shape index (κ3) is 3.38. The van der Waals surface area contributed by atoms with Crippen LogP contribution in [0, 0.1) is 13.8 Å². The molecule has 0 amide bonds. The van der Waals surface area contributed by atoms with Crippen molar-refractivity contribution >= 4 is 16.0 Å². The standard InChI is InChI=1S/C18H25NO6S/c1-4-14-9-19(10-18(25-14)5-6-24-11-18)26(22,23)16-8-15(17(20)21)12(2)7-13(16)3/h7-8,14H,4-6,9-11H2,1-3H3,(H,20,21). The Labute approximate surface area is 154 Å². The zero-order valence-electron chi connectivity index (χ0n) is 15.3. The highest BCUT2D eigenvalue weighted by atomic mass is 32.2. The van der Waals surface area contributed by atoms with Gasteiger partial charge in [-0.15, -0.1) is 0 Å². The molecule has 0 radical (unpaired) electrons. The van der Waals surface area contributed by atoms with Crippen LogP contribution >= 0.6 is 0 Å². The number of sulfonamides is 1. The average molecular weight is 383 g/mol. The lowest BCUT2D eigenvalue weighted by Gasteiger charge is -2.43. The zero-order chi connectivity index (χ0) is 19.1. The van der Waals surface area contributed by atoms with Crippen LogP contribution in [-0.2, 0) is 19.5 Å². The van der Waals surface area contributed by atoms with E-state index in [0.717, 1.165) is 0 Å². The number of hydrogen-bond acceptors (Lipinski definition) is 5. The first-order valence-corrected chi connectivity index (χ1v) is 10.2. The average Bonchev–Trinajstić information content (AvgIpc) is 3.01. The van der Waals surface area contributed by atoms with E-state index in [4.69, 9.17) is 9.47 Å². The maximum Gasteiger partial charge on any atom is 0.335 e. The van der Waals surface area contributed by atoms with Crippen LogP contribution in [0.25, 0.3) is 0 Å². The highest BCUT2D eigenvalue weighted by molar-refractivity contribution is 7.89. The normalized spacial score (nSPS) is 27.1. The predicted octanol–water partition coefficient (Wildman–Crippen LogP) is 1.96. The molecule has 1 N–H and O–H groups in total. The first-order chi connectivity index (χ1) is 12.2. The summed E-state index contributed by atoms with van der Waals surface area (Å²) in [5.74, 6) is -1.13. The Bertz CT molecular complexity index is 813. The van der Waals surface area contributed by atoms with Crippen LogP contribution < -0.4 is 0 Å². The van der Waals surface area contributed by atoms with E-state index in [1.165, 1.54) is 10.4 Å². The second-order valence-electron chi connectivity index (χ2n) is 7.17. The van der Waals surface area contributed by atoms with E-state index in [0.29, 0.717) is 37.2 Å². The van der Waals surface area contributed by atoms with Crippen LogP contribution in [-0.4, -0.2) is 61.8 Å². The van der Waals surface area contributed by atoms with Crippen molar-refractivity contribution in [3.8, 4) is 0 Å². The highest BCUT2D eigenvalue weighted by Crippen LogP contribution is 2.34. The molecule has 0 aliphatic carbocycles. The first kappa shape index (κ1) is 19.3. The van der Waals surface area contributed by atoms with Crippen molar-refractivity contribution in [1.82, 2.24) is 4.31 Å². The lowest BCUT2D eigenvalue weighted by atomic mass is 10.00. The number of morpholine rings is 1. The molecule has 26 heavy (non-hydrogen) atoms. The number of nitrogens with zero attached hydrogens (tertiary/aromatic N) is 1. The molecular weight excluding hydrogens is 358 g/mol. The number of benzene rings is 1. The van der Waals surface area contributed by atoms with Gasteiger partial charge in [-0.1, -0.05) is 13.0 Å². The summed E-state index contributed by atoms with van der Waals surface area (Å²) < 4.78 is 39.7. The van der Waals surface area contributed by atoms with E-state index < -0.39 is 21.6 Å². The Morgan fingerprint density at radius 3 is 2.65 bits per heavy atom. The molecule has 2 heterocycles. The van der Waals surface area contributed by atoms with E-state index in [1.54, 1.807) is 19.9 Å². The van der Waals surface area contributed by atoms with Crippen LogP contribution in [0.4, 0.5) is 0 Å². The number of ether oxygens (including phenoxy) is 2. The van der Waals surface area contributed by atoms with Gasteiger partial charge in [0.25, 0.3) is 0 Å². The fourth-order valence-corrected chi connectivity index (χ4v) is 5.50. The molecule has 0 aromatic heterocycles. The lowest BCUT2D eigenvalue weighted by Crippen LogP contribution is -2.57. The summed E-state index contributed by atoms with van der Waals surface area (Å²) in [6.45, 7) is 6.74. The van der Waals surface area contributed by atoms with Gasteiger partial charge in [0.15, 0.2) is 0 Å². The number of hydrogen-bond donors (Lipinski definition) is 1. The van der Waals surface area contributed by atoms with Crippen molar-refractivity contribution < 1.29 is 27.8 Å². The maximum absolute atomic E-state index is 13.3. The maximum atomic E-state index is 13.3. The van der Waals surface area contributed by atoms with E-state index in [9.17, 15) is 18.3 Å². The van der Waals surface area contributed by atoms with Gasteiger partial charge in [-0.05, 0) is 37.5 Å². The molecule has 3 rings (SSSR count). The van der Waals surface area contributed by atoms with Gasteiger partial charge in [0.1, 0.15) is 5.60 Å². The smallest absolute Gasteiger partial charge is 0.335 e. The number of carboxylic acids is 1. The van der Waals surface area contributed by atoms with E-state index in [1.807, 2.05) is 6.92 Å². The molecule has 2 saturated heterocycles. The Hall–Kier alpha value is -1.48. The fourth-order valence-electron chi connectivity index (χ4n) is 3.72. The second-order valence-corrected chi connectivity index (χ2v) is 9.08. The molecule has 2 unspecified atom stereocenters. The van der Waals surface area contributed by atoms with E-state index in [-0.39, 0.29) is 29.7 Å². The Balaban J connectivity index is 2.02. The molecule has 2 aliphatic rings. The zero-order valence-corrected chi connectivity index (χ0v) is 16.1. The van der Waals surface area contributed by atoms with Crippen molar-refractivity contribution in [3.05, 3.63) is 28.8 Å². The molecule has 0 saturated carbocycles. The summed E-state index contributed by atoms with van der Waals surface area (Å²) in [5.41, 5.74) is 0.486. The van der Waals surface area contributed by atoms with Crippen LogP contribution in [0.15, 0.2) is 17.0 Å². The van der Waals surface area contributed by atoms with Crippen LogP contribution in [0.2, 0.25) is 0 Å². The van der Waals surface area contributed by atoms with Gasteiger partial charge in [-0.3, -0.25) is 0 Å². The Kier molecular flexibility index (Phi) is 5.13. The summed E-state index contributed by atoms with van der Waals surface area (Å²) >= 11 is 0. The van der Waals surface area contributed by atoms with Gasteiger partial charge in [0, 0.05) is 26.1 Å². The molecule has 7 nitrogen and oxygen atoms in total. The molecule has 2 fully saturated rings. The van der Waals surface area contributed by atoms with Crippen LogP contribution in [0.5, 0.6) is 0 Å². The monoisotopic (exact) mass is 383 g/mol. The minimum Gasteiger partial charge on any atom is -0.478 e. The second kappa shape index (κ2) is 6.92. The minimum atomic E-state index is -3.84. The van der Waals surface area contributed by atoms with Crippen molar-refractivity contribution in [2.45, 2.75) is 50.2 Å². The first-order valence-electron chi connectivity index (χ1n) is 8.79. The quantitative estimate of drug-likeness (QED) is 0.854. The van der Waals surface area contributed by atoms with Gasteiger partial charge >= 0.3 is 5.97 Å². The van der Waals surface area contributed by atoms with Gasteiger partial charge < -0.3 is 14.6 Å². The van der Waals surface area contributed by atoms with Crippen molar-refractivity contribution in [2.75, 3.05) is 26.3 Å². The van der Waals surface area contributed by atoms with Gasteiger partial charge in [0.2, 0.25) is 10.0 Å². The SMILES string of the molecule is CCC1CN(S(=O)(=O)c2cc(C(=O)O)c(C)cc2C)CC2(CCOC2)O1. The van der Waals surface area contributed by atoms with Gasteiger partial charge in [0.05, 0.1) is 23.2 Å². The third-order valence-corrected chi connectivity index (χ3v) is 7.13. The van der Waals surface area contributed by atoms with Crippen LogP contribution in [0.1, 0.15) is 41.3 Å². The number of carboxylic acid groups (broad SMARTS) is 1. The Morgan fingerprint density at radius 1 is 1.35 bits per heavy atom. The van der Waals surface area contributed by atoms with Crippen LogP contribution in [0.3, 0.4) is 0 Å². The molecule has 144 valence electrons. The molecule has 1 aromatic carbocycles. The number of rotatable bonds is 4. The summed E-state index contributed by atoms with van der Waals surface area (Å²) in [5, 5.41) is 9.36. The predicted molar refractivity (Wildman–Crippen MR) is 95.0 cm³/mol. The van der Waals surface area contributed by atoms with Crippen molar-refractivity contribution in [3.63, 3.8) is 0 Å². The van der Waals surface area contributed by atoms with E-state index >= 15 is 0 Å². The number of carbonyl (C=O) groups is 1. The Morgan fingerprint density at radius 2 is 2.08 bits per heavy atom. The number of aromatic carboxylic acids is 1. The minimum absolute atomic E-state index is 0.00777. The highest BCUT2D eigenvalue weighted by Gasteiger charge is 2.47. The summed E-state index contributed by atoms with van der Waals surface area (Å²) in [7, 11) is -3.84. The molecule has 2 aliphatic heterocycles. The topological polar surface area (TPSA) is 93.1 Å². The molecule has 1 aromatic rings. The molecule has 0 bridgehead atoms. The molecule has 1 spiro atoms. The summed E-state index contributed by atoms with van der Waals surface area (Å²) in [6.07, 6.45) is 1.15. The largest absolute Gasteiger partial charge is 0.478 e. The van der Waals surface area contributed by atoms with Gasteiger partial charge in [-0.25, -0.2) is 13.2 Å². The summed E-state index contributed by atoms with van der Waals surface area (Å²) in [6, 6.07) is 2.89. The lowest BCUT2D eigenvalue weighted by molar-refractivity contribution is -0.137. The van der Waals surface area contributed by atoms with E-state index in [2.05, 4.69) is 0 Å².